The van der Waals surface area contributed by atoms with E-state index in [0.717, 1.165) is 0 Å². The van der Waals surface area contributed by atoms with E-state index >= 15 is 0 Å². The number of hydrogen-bond donors (Lipinski definition) is 0. The number of nitrogens with zero attached hydrogens (tertiary/aromatic N) is 3. The van der Waals surface area contributed by atoms with Crippen LogP contribution in [-0.2, 0) is 11.3 Å². The molecule has 0 bridgehead atoms. The predicted octanol–water partition coefficient (Wildman–Crippen LogP) is 1.99. The molecule has 0 aliphatic rings. The van der Waals surface area contributed by atoms with Gasteiger partial charge >= 0.3 is 5.97 Å². The predicted molar refractivity (Wildman–Crippen MR) is 71.4 cm³/mol. The van der Waals surface area contributed by atoms with E-state index in [1.807, 2.05) is 0 Å². The molecule has 0 saturated heterocycles. The van der Waals surface area contributed by atoms with Crippen LogP contribution in [0, 0.1) is 11.3 Å². The molecule has 0 unspecified atom stereocenters. The van der Waals surface area contributed by atoms with E-state index in [4.69, 9.17) is 10.00 Å². The lowest BCUT2D eigenvalue weighted by Crippen LogP contribution is -2.32. The van der Waals surface area contributed by atoms with E-state index in [1.54, 1.807) is 18.3 Å². The smallest absolute Gasteiger partial charge is 0.339 e. The minimum atomic E-state index is -0.382. The van der Waals surface area contributed by atoms with Gasteiger partial charge in [0, 0.05) is 31.7 Å². The van der Waals surface area contributed by atoms with Gasteiger partial charge in [0.15, 0.2) is 0 Å². The fourth-order valence-corrected chi connectivity index (χ4v) is 1.77. The van der Waals surface area contributed by atoms with Gasteiger partial charge in [-0.25, -0.2) is 4.79 Å². The summed E-state index contributed by atoms with van der Waals surface area (Å²) in [7, 11) is 1.36. The minimum absolute atomic E-state index is 0.279. The first kappa shape index (κ1) is 15.1. The van der Waals surface area contributed by atoms with Crippen molar-refractivity contribution in [3.8, 4) is 6.07 Å². The highest BCUT2D eigenvalue weighted by Gasteiger charge is 2.17. The lowest BCUT2D eigenvalue weighted by Gasteiger charge is -2.25. The summed E-state index contributed by atoms with van der Waals surface area (Å²) < 4.78 is 4.75. The van der Waals surface area contributed by atoms with Gasteiger partial charge in [0.25, 0.3) is 0 Å². The first-order valence-electron chi connectivity index (χ1n) is 6.23. The summed E-state index contributed by atoms with van der Waals surface area (Å²) >= 11 is 0. The summed E-state index contributed by atoms with van der Waals surface area (Å²) in [5, 5.41) is 8.68. The highest BCUT2D eigenvalue weighted by molar-refractivity contribution is 5.90. The number of nitriles is 1. The molecule has 5 nitrogen and oxygen atoms in total. The Balaban J connectivity index is 2.90. The van der Waals surface area contributed by atoms with Crippen LogP contribution in [0.4, 0.5) is 0 Å². The van der Waals surface area contributed by atoms with Crippen LogP contribution in [0.15, 0.2) is 18.3 Å². The second-order valence-electron chi connectivity index (χ2n) is 4.46. The lowest BCUT2D eigenvalue weighted by atomic mass is 10.1. The largest absolute Gasteiger partial charge is 0.465 e. The number of hydrogen-bond acceptors (Lipinski definition) is 5. The van der Waals surface area contributed by atoms with E-state index < -0.39 is 0 Å². The molecule has 0 aliphatic heterocycles. The fourth-order valence-electron chi connectivity index (χ4n) is 1.77. The second-order valence-corrected chi connectivity index (χ2v) is 4.46. The third-order valence-corrected chi connectivity index (χ3v) is 2.89. The Labute approximate surface area is 113 Å². The maximum atomic E-state index is 11.7. The molecule has 0 saturated carbocycles. The van der Waals surface area contributed by atoms with E-state index in [2.05, 4.69) is 29.8 Å². The highest BCUT2D eigenvalue weighted by Crippen LogP contribution is 2.12. The topological polar surface area (TPSA) is 66.2 Å². The van der Waals surface area contributed by atoms with Gasteiger partial charge in [-0.05, 0) is 26.0 Å². The SMILES string of the molecule is COC(=O)c1cccnc1CN(CCC#N)C(C)C. The molecule has 1 heterocycles. The summed E-state index contributed by atoms with van der Waals surface area (Å²) in [5.41, 5.74) is 1.16. The first-order valence-corrected chi connectivity index (χ1v) is 6.23. The molecule has 0 fully saturated rings. The quantitative estimate of drug-likeness (QED) is 0.733. The number of ether oxygens (including phenoxy) is 1. The molecular formula is C14H19N3O2. The Hall–Kier alpha value is -1.93. The molecule has 102 valence electrons. The van der Waals surface area contributed by atoms with Gasteiger partial charge in [-0.1, -0.05) is 0 Å². The third kappa shape index (κ3) is 4.34. The molecule has 1 aromatic rings. The molecule has 0 N–H and O–H groups in total. The molecule has 1 aromatic heterocycles. The Kier molecular flexibility index (Phi) is 5.97. The number of carbonyl (C=O) groups excluding carboxylic acids is 1. The first-order chi connectivity index (χ1) is 9.10. The van der Waals surface area contributed by atoms with Crippen LogP contribution in [0.5, 0.6) is 0 Å². The van der Waals surface area contributed by atoms with Crippen molar-refractivity contribution in [1.82, 2.24) is 9.88 Å². The number of carbonyl (C=O) groups is 1. The fraction of sp³-hybridized carbons (Fsp3) is 0.500. The Morgan fingerprint density at radius 3 is 2.89 bits per heavy atom. The maximum Gasteiger partial charge on any atom is 0.339 e. The van der Waals surface area contributed by atoms with Crippen molar-refractivity contribution in [2.75, 3.05) is 13.7 Å². The molecule has 5 heteroatoms. The lowest BCUT2D eigenvalue weighted by molar-refractivity contribution is 0.0597. The summed E-state index contributed by atoms with van der Waals surface area (Å²) in [4.78, 5) is 18.0. The Morgan fingerprint density at radius 2 is 2.32 bits per heavy atom. The minimum Gasteiger partial charge on any atom is -0.465 e. The normalized spacial score (nSPS) is 10.5. The average Bonchev–Trinajstić information content (AvgIpc) is 2.42. The van der Waals surface area contributed by atoms with Gasteiger partial charge in [-0.15, -0.1) is 0 Å². The molecule has 0 amide bonds. The summed E-state index contributed by atoms with van der Waals surface area (Å²) in [6, 6.07) is 5.83. The van der Waals surface area contributed by atoms with Crippen molar-refractivity contribution >= 4 is 5.97 Å². The van der Waals surface area contributed by atoms with Crippen LogP contribution in [0.3, 0.4) is 0 Å². The van der Waals surface area contributed by atoms with Crippen LogP contribution in [0.1, 0.15) is 36.3 Å². The summed E-state index contributed by atoms with van der Waals surface area (Å²) in [6.45, 7) is 5.30. The zero-order valence-corrected chi connectivity index (χ0v) is 11.6. The number of aromatic nitrogens is 1. The van der Waals surface area contributed by atoms with E-state index in [9.17, 15) is 4.79 Å². The Morgan fingerprint density at radius 1 is 1.58 bits per heavy atom. The van der Waals surface area contributed by atoms with Crippen molar-refractivity contribution in [1.29, 1.82) is 5.26 Å². The standard InChI is InChI=1S/C14H19N3O2/c1-11(2)17(9-5-7-15)10-13-12(14(18)19-3)6-4-8-16-13/h4,6,8,11H,5,9-10H2,1-3H3. The molecule has 1 rings (SSSR count). The average molecular weight is 261 g/mol. The van der Waals surface area contributed by atoms with Crippen LogP contribution in [-0.4, -0.2) is 35.5 Å². The van der Waals surface area contributed by atoms with E-state index in [1.165, 1.54) is 7.11 Å². The maximum absolute atomic E-state index is 11.7. The third-order valence-electron chi connectivity index (χ3n) is 2.89. The summed E-state index contributed by atoms with van der Waals surface area (Å²) in [6.07, 6.45) is 2.11. The molecule has 0 aliphatic carbocycles. The van der Waals surface area contributed by atoms with Crippen molar-refractivity contribution in [2.45, 2.75) is 32.9 Å². The zero-order chi connectivity index (χ0) is 14.3. The van der Waals surface area contributed by atoms with Gasteiger partial charge in [0.2, 0.25) is 0 Å². The number of esters is 1. The van der Waals surface area contributed by atoms with E-state index in [-0.39, 0.29) is 12.0 Å². The van der Waals surface area contributed by atoms with Crippen LogP contribution >= 0.6 is 0 Å². The van der Waals surface area contributed by atoms with Crippen molar-refractivity contribution in [3.63, 3.8) is 0 Å². The van der Waals surface area contributed by atoms with Gasteiger partial charge in [-0.3, -0.25) is 9.88 Å². The molecule has 0 spiro atoms. The van der Waals surface area contributed by atoms with Gasteiger partial charge in [0.1, 0.15) is 0 Å². The number of methoxy groups -OCH3 is 1. The molecule has 0 aromatic carbocycles. The van der Waals surface area contributed by atoms with Crippen LogP contribution < -0.4 is 0 Å². The van der Waals surface area contributed by atoms with Gasteiger partial charge in [0.05, 0.1) is 24.4 Å². The molecular weight excluding hydrogens is 242 g/mol. The monoisotopic (exact) mass is 261 g/mol. The zero-order valence-electron chi connectivity index (χ0n) is 11.6. The van der Waals surface area contributed by atoms with Gasteiger partial charge in [-0.2, -0.15) is 5.26 Å². The van der Waals surface area contributed by atoms with Gasteiger partial charge < -0.3 is 4.74 Å². The van der Waals surface area contributed by atoms with Crippen LogP contribution in [0.25, 0.3) is 0 Å². The molecule has 0 radical (unpaired) electrons. The number of rotatable bonds is 6. The second kappa shape index (κ2) is 7.49. The summed E-state index contributed by atoms with van der Waals surface area (Å²) in [5.74, 6) is -0.382. The molecule has 0 atom stereocenters. The molecule has 19 heavy (non-hydrogen) atoms. The van der Waals surface area contributed by atoms with Crippen molar-refractivity contribution in [3.05, 3.63) is 29.6 Å². The van der Waals surface area contributed by atoms with Crippen molar-refractivity contribution in [2.24, 2.45) is 0 Å². The number of pyridine rings is 1. The Bertz CT molecular complexity index is 466. The van der Waals surface area contributed by atoms with Crippen LogP contribution in [0.2, 0.25) is 0 Å². The highest BCUT2D eigenvalue weighted by atomic mass is 16.5. The van der Waals surface area contributed by atoms with E-state index in [0.29, 0.717) is 30.8 Å². The van der Waals surface area contributed by atoms with Crippen molar-refractivity contribution < 1.29 is 9.53 Å².